The van der Waals surface area contributed by atoms with Crippen LogP contribution in [0.3, 0.4) is 0 Å². The second kappa shape index (κ2) is 8.33. The van der Waals surface area contributed by atoms with E-state index in [0.717, 1.165) is 26.2 Å². The zero-order valence-electron chi connectivity index (χ0n) is 15.8. The van der Waals surface area contributed by atoms with Crippen LogP contribution in [-0.2, 0) is 30.7 Å². The standard InChI is InChI=1S/C21H30N4O/c1-26-12-11-25-17-22-15-21(25)16-23-7-4-8-24(10-9-23)20-13-18-5-2-3-6-19(18)14-20/h2-3,5-6,15,17,20H,4,7-14,16H2,1H3. The lowest BCUT2D eigenvalue weighted by atomic mass is 10.1. The van der Waals surface area contributed by atoms with Crippen molar-refractivity contribution in [2.24, 2.45) is 0 Å². The third-order valence-corrected chi connectivity index (χ3v) is 5.89. The molecule has 5 heteroatoms. The van der Waals surface area contributed by atoms with E-state index < -0.39 is 0 Å². The molecule has 0 N–H and O–H groups in total. The van der Waals surface area contributed by atoms with Gasteiger partial charge in [0, 0.05) is 45.5 Å². The number of imidazole rings is 1. The summed E-state index contributed by atoms with van der Waals surface area (Å²) in [7, 11) is 1.75. The highest BCUT2D eigenvalue weighted by atomic mass is 16.5. The van der Waals surface area contributed by atoms with Crippen LogP contribution >= 0.6 is 0 Å². The fourth-order valence-corrected chi connectivity index (χ4v) is 4.41. The summed E-state index contributed by atoms with van der Waals surface area (Å²) in [6.07, 6.45) is 7.62. The summed E-state index contributed by atoms with van der Waals surface area (Å²) >= 11 is 0. The molecule has 2 heterocycles. The Balaban J connectivity index is 1.32. The molecular formula is C21H30N4O. The van der Waals surface area contributed by atoms with Crippen LogP contribution in [0.5, 0.6) is 0 Å². The number of fused-ring (bicyclic) bond motifs is 1. The zero-order chi connectivity index (χ0) is 17.8. The first-order valence-electron chi connectivity index (χ1n) is 9.84. The third-order valence-electron chi connectivity index (χ3n) is 5.89. The molecule has 4 rings (SSSR count). The van der Waals surface area contributed by atoms with Crippen molar-refractivity contribution in [1.82, 2.24) is 19.4 Å². The molecule has 1 aromatic carbocycles. The minimum absolute atomic E-state index is 0.694. The van der Waals surface area contributed by atoms with E-state index in [1.54, 1.807) is 18.2 Å². The lowest BCUT2D eigenvalue weighted by Gasteiger charge is -2.27. The van der Waals surface area contributed by atoms with E-state index in [4.69, 9.17) is 4.74 Å². The second-order valence-electron chi connectivity index (χ2n) is 7.57. The van der Waals surface area contributed by atoms with E-state index in [1.807, 2.05) is 12.5 Å². The SMILES string of the molecule is COCCn1cncc1CN1CCCN(C2Cc3ccccc3C2)CC1. The fourth-order valence-electron chi connectivity index (χ4n) is 4.41. The van der Waals surface area contributed by atoms with Crippen LogP contribution in [0.1, 0.15) is 23.2 Å². The molecule has 1 aliphatic heterocycles. The van der Waals surface area contributed by atoms with Gasteiger partial charge in [-0.25, -0.2) is 4.98 Å². The highest BCUT2D eigenvalue weighted by Crippen LogP contribution is 2.26. The predicted molar refractivity (Wildman–Crippen MR) is 103 cm³/mol. The van der Waals surface area contributed by atoms with E-state index in [1.165, 1.54) is 44.6 Å². The van der Waals surface area contributed by atoms with E-state index in [0.29, 0.717) is 6.04 Å². The van der Waals surface area contributed by atoms with Gasteiger partial charge in [-0.2, -0.15) is 0 Å². The van der Waals surface area contributed by atoms with Crippen LogP contribution in [-0.4, -0.2) is 65.3 Å². The maximum absolute atomic E-state index is 5.21. The molecule has 1 fully saturated rings. The Labute approximate surface area is 156 Å². The maximum atomic E-state index is 5.21. The summed E-state index contributed by atoms with van der Waals surface area (Å²) in [6.45, 7) is 7.31. The maximum Gasteiger partial charge on any atom is 0.0949 e. The van der Waals surface area contributed by atoms with Gasteiger partial charge in [-0.1, -0.05) is 24.3 Å². The summed E-state index contributed by atoms with van der Waals surface area (Å²) < 4.78 is 7.43. The molecule has 26 heavy (non-hydrogen) atoms. The number of ether oxygens (including phenoxy) is 1. The molecule has 1 aliphatic carbocycles. The molecule has 0 amide bonds. The van der Waals surface area contributed by atoms with Crippen LogP contribution in [0.25, 0.3) is 0 Å². The highest BCUT2D eigenvalue weighted by Gasteiger charge is 2.28. The lowest BCUT2D eigenvalue weighted by Crippen LogP contribution is -2.39. The van der Waals surface area contributed by atoms with E-state index in [9.17, 15) is 0 Å². The summed E-state index contributed by atoms with van der Waals surface area (Å²) in [4.78, 5) is 9.65. The quantitative estimate of drug-likeness (QED) is 0.796. The number of aromatic nitrogens is 2. The van der Waals surface area contributed by atoms with E-state index >= 15 is 0 Å². The van der Waals surface area contributed by atoms with Crippen molar-refractivity contribution in [1.29, 1.82) is 0 Å². The van der Waals surface area contributed by atoms with Crippen molar-refractivity contribution in [3.05, 3.63) is 53.6 Å². The second-order valence-corrected chi connectivity index (χ2v) is 7.57. The molecule has 2 aliphatic rings. The van der Waals surface area contributed by atoms with Crippen molar-refractivity contribution < 1.29 is 4.74 Å². The monoisotopic (exact) mass is 354 g/mol. The first kappa shape index (κ1) is 17.7. The van der Waals surface area contributed by atoms with Gasteiger partial charge >= 0.3 is 0 Å². The average molecular weight is 354 g/mol. The van der Waals surface area contributed by atoms with E-state index in [-0.39, 0.29) is 0 Å². The van der Waals surface area contributed by atoms with E-state index in [2.05, 4.69) is 43.6 Å². The zero-order valence-corrected chi connectivity index (χ0v) is 15.8. The molecular weight excluding hydrogens is 324 g/mol. The van der Waals surface area contributed by atoms with Crippen LogP contribution in [0.4, 0.5) is 0 Å². The predicted octanol–water partition coefficient (Wildman–Crippen LogP) is 2.20. The first-order valence-corrected chi connectivity index (χ1v) is 9.84. The molecule has 0 bridgehead atoms. The molecule has 0 atom stereocenters. The van der Waals surface area contributed by atoms with Crippen LogP contribution in [0.15, 0.2) is 36.8 Å². The van der Waals surface area contributed by atoms with Crippen molar-refractivity contribution in [3.63, 3.8) is 0 Å². The van der Waals surface area contributed by atoms with Gasteiger partial charge in [-0.3, -0.25) is 9.80 Å². The Morgan fingerprint density at radius 1 is 1.08 bits per heavy atom. The van der Waals surface area contributed by atoms with Crippen molar-refractivity contribution in [2.75, 3.05) is 39.9 Å². The average Bonchev–Trinajstić information content (AvgIpc) is 3.21. The van der Waals surface area contributed by atoms with Crippen LogP contribution in [0, 0.1) is 0 Å². The number of hydrogen-bond donors (Lipinski definition) is 0. The Hall–Kier alpha value is -1.69. The summed E-state index contributed by atoms with van der Waals surface area (Å²) in [5, 5.41) is 0. The number of benzene rings is 1. The molecule has 0 unspecified atom stereocenters. The van der Waals surface area contributed by atoms with Gasteiger partial charge in [0.25, 0.3) is 0 Å². The summed E-state index contributed by atoms with van der Waals surface area (Å²) in [5.41, 5.74) is 4.41. The van der Waals surface area contributed by atoms with Gasteiger partial charge in [-0.05, 0) is 43.5 Å². The highest BCUT2D eigenvalue weighted by molar-refractivity contribution is 5.33. The summed E-state index contributed by atoms with van der Waals surface area (Å²) in [6, 6.07) is 9.66. The third kappa shape index (κ3) is 4.00. The molecule has 1 saturated heterocycles. The van der Waals surface area contributed by atoms with Crippen molar-refractivity contribution >= 4 is 0 Å². The van der Waals surface area contributed by atoms with Gasteiger partial charge in [0.1, 0.15) is 0 Å². The number of rotatable bonds is 6. The molecule has 1 aromatic heterocycles. The normalized spacial score (nSPS) is 19.6. The first-order chi connectivity index (χ1) is 12.8. The molecule has 2 aromatic rings. The smallest absolute Gasteiger partial charge is 0.0949 e. The molecule has 0 saturated carbocycles. The largest absolute Gasteiger partial charge is 0.383 e. The molecule has 5 nitrogen and oxygen atoms in total. The molecule has 0 spiro atoms. The number of nitrogens with zero attached hydrogens (tertiary/aromatic N) is 4. The lowest BCUT2D eigenvalue weighted by molar-refractivity contribution is 0.183. The Bertz CT molecular complexity index is 689. The molecule has 0 radical (unpaired) electrons. The van der Waals surface area contributed by atoms with Gasteiger partial charge in [0.15, 0.2) is 0 Å². The topological polar surface area (TPSA) is 33.5 Å². The van der Waals surface area contributed by atoms with Crippen molar-refractivity contribution in [2.45, 2.75) is 38.4 Å². The molecule has 140 valence electrons. The van der Waals surface area contributed by atoms with Crippen LogP contribution in [0.2, 0.25) is 0 Å². The Morgan fingerprint density at radius 2 is 1.88 bits per heavy atom. The minimum Gasteiger partial charge on any atom is -0.383 e. The Kier molecular flexibility index (Phi) is 5.68. The number of methoxy groups -OCH3 is 1. The Morgan fingerprint density at radius 3 is 2.65 bits per heavy atom. The fraction of sp³-hybridized carbons (Fsp3) is 0.571. The van der Waals surface area contributed by atoms with Gasteiger partial charge in [0.2, 0.25) is 0 Å². The van der Waals surface area contributed by atoms with Gasteiger partial charge < -0.3 is 9.30 Å². The van der Waals surface area contributed by atoms with Crippen molar-refractivity contribution in [3.8, 4) is 0 Å². The minimum atomic E-state index is 0.694. The summed E-state index contributed by atoms with van der Waals surface area (Å²) in [5.74, 6) is 0. The van der Waals surface area contributed by atoms with Crippen LogP contribution < -0.4 is 0 Å². The number of hydrogen-bond acceptors (Lipinski definition) is 4. The van der Waals surface area contributed by atoms with Gasteiger partial charge in [-0.15, -0.1) is 0 Å². The van der Waals surface area contributed by atoms with Gasteiger partial charge in [0.05, 0.1) is 18.6 Å².